The van der Waals surface area contributed by atoms with Crippen LogP contribution in [0.25, 0.3) is 16.7 Å². The maximum atomic E-state index is 14.4. The van der Waals surface area contributed by atoms with Crippen molar-refractivity contribution in [1.82, 2.24) is 15.0 Å². The fourth-order valence-electron chi connectivity index (χ4n) is 4.13. The summed E-state index contributed by atoms with van der Waals surface area (Å²) in [6, 6.07) is 9.04. The number of benzene rings is 3. The van der Waals surface area contributed by atoms with Crippen molar-refractivity contribution in [1.29, 1.82) is 0 Å². The standard InChI is InChI=1S/C26H25F4N5O2/c1-6-34(7-2)15-8-9-19(14(4)10-15)35-32-17-11-13(3)16(12-18(17)33-35)31-26(36)20-21(27)23(29)25(37-5)24(30)22(20)28/h8-12H,6-7H2,1-5H3,(H,31,36). The van der Waals surface area contributed by atoms with Crippen molar-refractivity contribution in [2.75, 3.05) is 30.4 Å². The molecule has 37 heavy (non-hydrogen) atoms. The molecule has 3 aromatic carbocycles. The molecule has 0 spiro atoms. The molecular formula is C26H25F4N5O2. The van der Waals surface area contributed by atoms with Crippen LogP contribution in [0, 0.1) is 37.1 Å². The number of hydrogen-bond acceptors (Lipinski definition) is 5. The second-order valence-corrected chi connectivity index (χ2v) is 8.41. The average Bonchev–Trinajstić information content (AvgIpc) is 3.26. The van der Waals surface area contributed by atoms with Crippen molar-refractivity contribution in [3.8, 4) is 11.4 Å². The van der Waals surface area contributed by atoms with E-state index in [4.69, 9.17) is 0 Å². The summed E-state index contributed by atoms with van der Waals surface area (Å²) < 4.78 is 61.3. The highest BCUT2D eigenvalue weighted by molar-refractivity contribution is 6.06. The van der Waals surface area contributed by atoms with Gasteiger partial charge in [0, 0.05) is 24.5 Å². The Labute approximate surface area is 210 Å². The number of hydrogen-bond donors (Lipinski definition) is 1. The number of methoxy groups -OCH3 is 1. The molecule has 0 saturated carbocycles. The molecule has 0 aliphatic rings. The van der Waals surface area contributed by atoms with Crippen LogP contribution in [-0.2, 0) is 0 Å². The van der Waals surface area contributed by atoms with E-state index >= 15 is 0 Å². The lowest BCUT2D eigenvalue weighted by Gasteiger charge is -2.22. The van der Waals surface area contributed by atoms with Gasteiger partial charge in [-0.2, -0.15) is 13.6 Å². The van der Waals surface area contributed by atoms with Gasteiger partial charge in [0.1, 0.15) is 16.6 Å². The van der Waals surface area contributed by atoms with Gasteiger partial charge in [-0.3, -0.25) is 4.79 Å². The van der Waals surface area contributed by atoms with Crippen molar-refractivity contribution in [3.05, 3.63) is 70.3 Å². The zero-order chi connectivity index (χ0) is 27.0. The summed E-state index contributed by atoms with van der Waals surface area (Å²) >= 11 is 0. The van der Waals surface area contributed by atoms with E-state index in [1.165, 1.54) is 10.9 Å². The Hall–Kier alpha value is -4.15. The van der Waals surface area contributed by atoms with E-state index in [1.54, 1.807) is 13.0 Å². The topological polar surface area (TPSA) is 72.3 Å². The quantitative estimate of drug-likeness (QED) is 0.253. The number of carbonyl (C=O) groups excluding carboxylic acids is 1. The molecule has 0 fully saturated rings. The molecule has 0 saturated heterocycles. The molecule has 1 aromatic heterocycles. The minimum atomic E-state index is -1.86. The predicted molar refractivity (Wildman–Crippen MR) is 133 cm³/mol. The molecule has 11 heteroatoms. The van der Waals surface area contributed by atoms with Crippen LogP contribution in [-0.4, -0.2) is 41.1 Å². The Balaban J connectivity index is 1.68. The minimum Gasteiger partial charge on any atom is -0.491 e. The largest absolute Gasteiger partial charge is 0.491 e. The molecule has 4 aromatic rings. The van der Waals surface area contributed by atoms with Crippen LogP contribution in [0.3, 0.4) is 0 Å². The third kappa shape index (κ3) is 4.56. The Kier molecular flexibility index (Phi) is 7.06. The van der Waals surface area contributed by atoms with Crippen molar-refractivity contribution in [2.45, 2.75) is 27.7 Å². The summed E-state index contributed by atoms with van der Waals surface area (Å²) in [5.74, 6) is -9.94. The lowest BCUT2D eigenvalue weighted by molar-refractivity contribution is 0.101. The van der Waals surface area contributed by atoms with E-state index < -0.39 is 40.5 Å². The van der Waals surface area contributed by atoms with E-state index in [0.717, 1.165) is 37.1 Å². The molecule has 7 nitrogen and oxygen atoms in total. The number of ether oxygens (including phenoxy) is 1. The monoisotopic (exact) mass is 515 g/mol. The van der Waals surface area contributed by atoms with Gasteiger partial charge in [0.15, 0.2) is 17.4 Å². The number of nitrogens with zero attached hydrogens (tertiary/aromatic N) is 4. The Morgan fingerprint density at radius 2 is 1.51 bits per heavy atom. The average molecular weight is 516 g/mol. The first-order chi connectivity index (χ1) is 17.6. The number of nitrogens with one attached hydrogen (secondary N) is 1. The second-order valence-electron chi connectivity index (χ2n) is 8.41. The number of aryl methyl sites for hydroxylation is 2. The van der Waals surface area contributed by atoms with Crippen molar-refractivity contribution in [3.63, 3.8) is 0 Å². The summed E-state index contributed by atoms with van der Waals surface area (Å²) in [5, 5.41) is 11.3. The van der Waals surface area contributed by atoms with Crippen molar-refractivity contribution in [2.24, 2.45) is 0 Å². The zero-order valence-electron chi connectivity index (χ0n) is 20.9. The molecule has 1 amide bonds. The highest BCUT2D eigenvalue weighted by Crippen LogP contribution is 2.31. The first-order valence-electron chi connectivity index (χ1n) is 11.6. The Bertz CT molecular complexity index is 1490. The van der Waals surface area contributed by atoms with Crippen LogP contribution in [0.5, 0.6) is 5.75 Å². The van der Waals surface area contributed by atoms with Gasteiger partial charge >= 0.3 is 0 Å². The molecule has 0 aliphatic heterocycles. The van der Waals surface area contributed by atoms with E-state index in [2.05, 4.69) is 39.0 Å². The van der Waals surface area contributed by atoms with Crippen LogP contribution < -0.4 is 15.0 Å². The lowest BCUT2D eigenvalue weighted by Crippen LogP contribution is -2.21. The second kappa shape index (κ2) is 10.1. The summed E-state index contributed by atoms with van der Waals surface area (Å²) in [6.45, 7) is 9.49. The molecular weight excluding hydrogens is 490 g/mol. The van der Waals surface area contributed by atoms with Crippen LogP contribution in [0.1, 0.15) is 35.3 Å². The predicted octanol–water partition coefficient (Wildman–Crippen LogP) is 5.70. The van der Waals surface area contributed by atoms with E-state index in [0.29, 0.717) is 16.6 Å². The smallest absolute Gasteiger partial charge is 0.261 e. The third-order valence-corrected chi connectivity index (χ3v) is 6.15. The van der Waals surface area contributed by atoms with E-state index in [-0.39, 0.29) is 5.69 Å². The number of amides is 1. The first kappa shape index (κ1) is 25.9. The van der Waals surface area contributed by atoms with Crippen LogP contribution in [0.2, 0.25) is 0 Å². The minimum absolute atomic E-state index is 0.147. The highest BCUT2D eigenvalue weighted by atomic mass is 19.2. The molecule has 1 N–H and O–H groups in total. The number of fused-ring (bicyclic) bond motifs is 1. The van der Waals surface area contributed by atoms with Gasteiger partial charge < -0.3 is 15.0 Å². The first-order valence-corrected chi connectivity index (χ1v) is 11.6. The normalized spacial score (nSPS) is 11.2. The van der Waals surface area contributed by atoms with Crippen LogP contribution in [0.4, 0.5) is 28.9 Å². The summed E-state index contributed by atoms with van der Waals surface area (Å²) in [4.78, 5) is 16.3. The van der Waals surface area contributed by atoms with E-state index in [9.17, 15) is 22.4 Å². The molecule has 4 rings (SSSR count). The summed E-state index contributed by atoms with van der Waals surface area (Å²) in [7, 11) is 0.854. The maximum Gasteiger partial charge on any atom is 0.261 e. The summed E-state index contributed by atoms with van der Waals surface area (Å²) in [6.07, 6.45) is 0. The summed E-state index contributed by atoms with van der Waals surface area (Å²) in [5.41, 5.74) is 2.93. The molecule has 1 heterocycles. The number of aromatic nitrogens is 3. The van der Waals surface area contributed by atoms with Crippen LogP contribution >= 0.6 is 0 Å². The van der Waals surface area contributed by atoms with Gasteiger partial charge in [-0.25, -0.2) is 8.78 Å². The molecule has 0 aliphatic carbocycles. The lowest BCUT2D eigenvalue weighted by atomic mass is 10.1. The van der Waals surface area contributed by atoms with Crippen molar-refractivity contribution >= 4 is 28.3 Å². The Morgan fingerprint density at radius 1 is 0.919 bits per heavy atom. The molecule has 194 valence electrons. The van der Waals surface area contributed by atoms with Gasteiger partial charge in [0.2, 0.25) is 11.6 Å². The molecule has 0 unspecified atom stereocenters. The Morgan fingerprint density at radius 3 is 2.05 bits per heavy atom. The van der Waals surface area contributed by atoms with Crippen LogP contribution in [0.15, 0.2) is 30.3 Å². The number of halogens is 4. The third-order valence-electron chi connectivity index (χ3n) is 6.15. The molecule has 0 bridgehead atoms. The van der Waals surface area contributed by atoms with Gasteiger partial charge in [0.05, 0.1) is 12.8 Å². The maximum absolute atomic E-state index is 14.4. The van der Waals surface area contributed by atoms with Gasteiger partial charge in [-0.15, -0.1) is 10.2 Å². The number of rotatable bonds is 7. The van der Waals surface area contributed by atoms with Gasteiger partial charge in [0.25, 0.3) is 5.91 Å². The van der Waals surface area contributed by atoms with Gasteiger partial charge in [-0.05, 0) is 69.2 Å². The highest BCUT2D eigenvalue weighted by Gasteiger charge is 2.30. The fourth-order valence-corrected chi connectivity index (χ4v) is 4.13. The molecule has 0 radical (unpaired) electrons. The van der Waals surface area contributed by atoms with Crippen molar-refractivity contribution < 1.29 is 27.1 Å². The number of anilines is 2. The SMILES string of the molecule is CCN(CC)c1ccc(-n2nc3cc(C)c(NC(=O)c4c(F)c(F)c(OC)c(F)c4F)cc3n2)c(C)c1. The van der Waals surface area contributed by atoms with Gasteiger partial charge in [-0.1, -0.05) is 0 Å². The molecule has 0 atom stereocenters. The van der Waals surface area contributed by atoms with E-state index in [1.807, 2.05) is 25.1 Å². The number of carbonyl (C=O) groups is 1. The zero-order valence-corrected chi connectivity index (χ0v) is 20.9. The fraction of sp³-hybridized carbons (Fsp3) is 0.269.